The molecule has 0 aromatic carbocycles. The third-order valence-electron chi connectivity index (χ3n) is 1.94. The summed E-state index contributed by atoms with van der Waals surface area (Å²) < 4.78 is 0. The molecule has 1 N–H and O–H groups in total. The van der Waals surface area contributed by atoms with E-state index < -0.39 is 0 Å². The summed E-state index contributed by atoms with van der Waals surface area (Å²) in [6.45, 7) is 2.79. The van der Waals surface area contributed by atoms with E-state index in [1.165, 1.54) is 0 Å². The molecular formula is C10H11ClN4S. The molecule has 0 radical (unpaired) electrons. The predicted octanol–water partition coefficient (Wildman–Crippen LogP) is 2.55. The van der Waals surface area contributed by atoms with Gasteiger partial charge in [0.2, 0.25) is 0 Å². The van der Waals surface area contributed by atoms with Crippen LogP contribution in [-0.2, 0) is 6.42 Å². The lowest BCUT2D eigenvalue weighted by atomic mass is 10.4. The van der Waals surface area contributed by atoms with Gasteiger partial charge in [-0.3, -0.25) is 0 Å². The minimum Gasteiger partial charge on any atom is -0.368 e. The van der Waals surface area contributed by atoms with Crippen molar-refractivity contribution in [3.8, 4) is 0 Å². The van der Waals surface area contributed by atoms with Crippen molar-refractivity contribution in [3.63, 3.8) is 0 Å². The first kappa shape index (κ1) is 11.3. The Bertz CT molecular complexity index is 454. The second-order valence-corrected chi connectivity index (χ2v) is 4.63. The first-order chi connectivity index (χ1) is 7.74. The summed E-state index contributed by atoms with van der Waals surface area (Å²) >= 11 is 7.31. The fraction of sp³-hybridized carbons (Fsp3) is 0.300. The average Bonchev–Trinajstić information content (AvgIpc) is 2.67. The van der Waals surface area contributed by atoms with Gasteiger partial charge in [-0.2, -0.15) is 0 Å². The van der Waals surface area contributed by atoms with Crippen LogP contribution in [0.15, 0.2) is 17.5 Å². The number of aromatic nitrogens is 3. The largest absolute Gasteiger partial charge is 0.368 e. The third-order valence-corrected chi connectivity index (χ3v) is 3.17. The Kier molecular flexibility index (Phi) is 3.69. The van der Waals surface area contributed by atoms with Crippen molar-refractivity contribution in [1.82, 2.24) is 15.2 Å². The van der Waals surface area contributed by atoms with Crippen molar-refractivity contribution in [3.05, 3.63) is 33.4 Å². The number of nitrogens with one attached hydrogen (secondary N) is 1. The standard InChI is InChI=1S/C10H11ClN4S/c1-7-6-16-10(13-7)4-5-12-9-3-2-8(11)14-15-9/h2-3,6H,4-5H2,1H3,(H,12,15). The van der Waals surface area contributed by atoms with Crippen molar-refractivity contribution in [2.24, 2.45) is 0 Å². The molecule has 0 unspecified atom stereocenters. The molecule has 0 atom stereocenters. The van der Waals surface area contributed by atoms with Crippen LogP contribution in [-0.4, -0.2) is 21.7 Å². The maximum Gasteiger partial charge on any atom is 0.151 e. The van der Waals surface area contributed by atoms with E-state index in [-0.39, 0.29) is 0 Å². The zero-order chi connectivity index (χ0) is 11.4. The lowest BCUT2D eigenvalue weighted by Crippen LogP contribution is -2.06. The molecule has 0 saturated heterocycles. The molecule has 0 bridgehead atoms. The summed E-state index contributed by atoms with van der Waals surface area (Å²) in [4.78, 5) is 4.38. The summed E-state index contributed by atoms with van der Waals surface area (Å²) in [5.41, 5.74) is 1.08. The van der Waals surface area contributed by atoms with Crippen LogP contribution in [0.5, 0.6) is 0 Å². The van der Waals surface area contributed by atoms with Crippen LogP contribution < -0.4 is 5.32 Å². The normalized spacial score (nSPS) is 10.4. The van der Waals surface area contributed by atoms with Gasteiger partial charge in [-0.05, 0) is 19.1 Å². The van der Waals surface area contributed by atoms with Crippen molar-refractivity contribution < 1.29 is 0 Å². The molecule has 0 amide bonds. The van der Waals surface area contributed by atoms with Gasteiger partial charge in [0.05, 0.1) is 5.01 Å². The van der Waals surface area contributed by atoms with Crippen LogP contribution >= 0.6 is 22.9 Å². The van der Waals surface area contributed by atoms with Gasteiger partial charge in [-0.1, -0.05) is 11.6 Å². The van der Waals surface area contributed by atoms with Crippen molar-refractivity contribution in [2.45, 2.75) is 13.3 Å². The average molecular weight is 255 g/mol. The van der Waals surface area contributed by atoms with Crippen LogP contribution in [0.25, 0.3) is 0 Å². The smallest absolute Gasteiger partial charge is 0.151 e. The first-order valence-electron chi connectivity index (χ1n) is 4.88. The Labute approximate surface area is 103 Å². The van der Waals surface area contributed by atoms with E-state index in [2.05, 4.69) is 25.9 Å². The second-order valence-electron chi connectivity index (χ2n) is 3.30. The maximum atomic E-state index is 5.63. The van der Waals surface area contributed by atoms with E-state index in [1.807, 2.05) is 13.0 Å². The summed E-state index contributed by atoms with van der Waals surface area (Å²) in [6, 6.07) is 3.52. The second kappa shape index (κ2) is 5.23. The zero-order valence-electron chi connectivity index (χ0n) is 8.77. The minimum absolute atomic E-state index is 0.404. The molecule has 0 spiro atoms. The van der Waals surface area contributed by atoms with E-state index in [4.69, 9.17) is 11.6 Å². The summed E-state index contributed by atoms with van der Waals surface area (Å²) in [5.74, 6) is 0.734. The van der Waals surface area contributed by atoms with Crippen molar-refractivity contribution in [2.75, 3.05) is 11.9 Å². The molecule has 0 aliphatic heterocycles. The quantitative estimate of drug-likeness (QED) is 0.911. The van der Waals surface area contributed by atoms with E-state index in [9.17, 15) is 0 Å². The van der Waals surface area contributed by atoms with Crippen LogP contribution in [0.4, 0.5) is 5.82 Å². The first-order valence-corrected chi connectivity index (χ1v) is 6.14. The van der Waals surface area contributed by atoms with Gasteiger partial charge in [-0.15, -0.1) is 21.5 Å². The summed E-state index contributed by atoms with van der Waals surface area (Å²) in [7, 11) is 0. The lowest BCUT2D eigenvalue weighted by molar-refractivity contribution is 0.952. The molecule has 84 valence electrons. The number of thiazole rings is 1. The van der Waals surface area contributed by atoms with Gasteiger partial charge >= 0.3 is 0 Å². The van der Waals surface area contributed by atoms with Gasteiger partial charge in [-0.25, -0.2) is 4.98 Å². The molecule has 0 saturated carbocycles. The SMILES string of the molecule is Cc1csc(CCNc2ccc(Cl)nn2)n1. The van der Waals surface area contributed by atoms with Gasteiger partial charge in [0, 0.05) is 24.0 Å². The molecule has 0 fully saturated rings. The van der Waals surface area contributed by atoms with Gasteiger partial charge in [0.25, 0.3) is 0 Å². The monoisotopic (exact) mass is 254 g/mol. The summed E-state index contributed by atoms with van der Waals surface area (Å²) in [5, 5.41) is 14.4. The Hall–Kier alpha value is -1.20. The van der Waals surface area contributed by atoms with Gasteiger partial charge in [0.15, 0.2) is 5.15 Å². The lowest BCUT2D eigenvalue weighted by Gasteiger charge is -2.02. The van der Waals surface area contributed by atoms with Gasteiger partial charge < -0.3 is 5.32 Å². The fourth-order valence-corrected chi connectivity index (χ4v) is 2.10. The molecule has 0 aliphatic rings. The molecule has 2 heterocycles. The maximum absolute atomic E-state index is 5.63. The molecule has 16 heavy (non-hydrogen) atoms. The van der Waals surface area contributed by atoms with Crippen LogP contribution in [0.3, 0.4) is 0 Å². The van der Waals surface area contributed by atoms with Crippen LogP contribution in [0.2, 0.25) is 5.15 Å². The Morgan fingerprint density at radius 2 is 2.25 bits per heavy atom. The molecule has 2 rings (SSSR count). The molecule has 0 aliphatic carbocycles. The highest BCUT2D eigenvalue weighted by molar-refractivity contribution is 7.09. The molecule has 6 heteroatoms. The number of rotatable bonds is 4. The molecular weight excluding hydrogens is 244 g/mol. The van der Waals surface area contributed by atoms with E-state index in [0.717, 1.165) is 29.5 Å². The van der Waals surface area contributed by atoms with Crippen LogP contribution in [0, 0.1) is 6.92 Å². The summed E-state index contributed by atoms with van der Waals surface area (Å²) in [6.07, 6.45) is 0.892. The Morgan fingerprint density at radius 1 is 1.38 bits per heavy atom. The zero-order valence-corrected chi connectivity index (χ0v) is 10.3. The topological polar surface area (TPSA) is 50.7 Å². The van der Waals surface area contributed by atoms with Gasteiger partial charge in [0.1, 0.15) is 5.82 Å². The van der Waals surface area contributed by atoms with E-state index in [0.29, 0.717) is 5.15 Å². The highest BCUT2D eigenvalue weighted by Crippen LogP contribution is 2.10. The Morgan fingerprint density at radius 3 is 2.88 bits per heavy atom. The molecule has 2 aromatic heterocycles. The highest BCUT2D eigenvalue weighted by atomic mass is 35.5. The number of halogens is 1. The number of hydrogen-bond donors (Lipinski definition) is 1. The molecule has 4 nitrogen and oxygen atoms in total. The minimum atomic E-state index is 0.404. The van der Waals surface area contributed by atoms with Crippen molar-refractivity contribution >= 4 is 28.8 Å². The predicted molar refractivity (Wildman–Crippen MR) is 66.1 cm³/mol. The number of hydrogen-bond acceptors (Lipinski definition) is 5. The van der Waals surface area contributed by atoms with Crippen molar-refractivity contribution in [1.29, 1.82) is 0 Å². The highest BCUT2D eigenvalue weighted by Gasteiger charge is 1.99. The Balaban J connectivity index is 1.82. The number of anilines is 1. The molecule has 2 aromatic rings. The number of nitrogens with zero attached hydrogens (tertiary/aromatic N) is 3. The van der Waals surface area contributed by atoms with Crippen LogP contribution in [0.1, 0.15) is 10.7 Å². The third kappa shape index (κ3) is 3.15. The fourth-order valence-electron chi connectivity index (χ4n) is 1.23. The number of aryl methyl sites for hydroxylation is 1. The van der Waals surface area contributed by atoms with E-state index >= 15 is 0 Å². The van der Waals surface area contributed by atoms with E-state index in [1.54, 1.807) is 17.4 Å².